The first-order chi connectivity index (χ1) is 10.1. The van der Waals surface area contributed by atoms with E-state index in [-0.39, 0.29) is 17.3 Å². The van der Waals surface area contributed by atoms with Gasteiger partial charge in [-0.2, -0.15) is 0 Å². The second-order valence-electron chi connectivity index (χ2n) is 5.15. The van der Waals surface area contributed by atoms with E-state index in [0.29, 0.717) is 24.1 Å². The van der Waals surface area contributed by atoms with Gasteiger partial charge in [0.15, 0.2) is 5.78 Å². The monoisotopic (exact) mass is 283 g/mol. The molecule has 1 aromatic carbocycles. The van der Waals surface area contributed by atoms with E-state index in [4.69, 9.17) is 5.11 Å². The van der Waals surface area contributed by atoms with Gasteiger partial charge in [-0.05, 0) is 24.0 Å². The fourth-order valence-corrected chi connectivity index (χ4v) is 2.75. The average Bonchev–Trinajstić information content (AvgIpc) is 2.47. The third kappa shape index (κ3) is 2.38. The van der Waals surface area contributed by atoms with Gasteiger partial charge in [-0.1, -0.05) is 30.3 Å². The van der Waals surface area contributed by atoms with Crippen molar-refractivity contribution in [2.45, 2.75) is 18.8 Å². The molecule has 0 spiro atoms. The molecule has 5 nitrogen and oxygen atoms in total. The van der Waals surface area contributed by atoms with Crippen LogP contribution < -0.4 is 5.56 Å². The maximum absolute atomic E-state index is 12.2. The van der Waals surface area contributed by atoms with Crippen molar-refractivity contribution in [3.63, 3.8) is 0 Å². The molecule has 1 heterocycles. The van der Waals surface area contributed by atoms with Crippen molar-refractivity contribution in [3.05, 3.63) is 69.1 Å². The molecule has 0 fully saturated rings. The minimum absolute atomic E-state index is 0.0116. The number of benzene rings is 1. The molecule has 3 rings (SSSR count). The molecule has 0 bridgehead atoms. The van der Waals surface area contributed by atoms with Crippen LogP contribution in [-0.4, -0.2) is 21.8 Å². The first kappa shape index (κ1) is 13.3. The van der Waals surface area contributed by atoms with E-state index in [1.807, 2.05) is 30.3 Å². The maximum Gasteiger partial charge on any atom is 0.341 e. The second-order valence-corrected chi connectivity index (χ2v) is 5.15. The minimum Gasteiger partial charge on any atom is -0.477 e. The Labute approximate surface area is 120 Å². The third-order valence-corrected chi connectivity index (χ3v) is 3.81. The largest absolute Gasteiger partial charge is 0.477 e. The normalized spacial score (nSPS) is 17.3. The van der Waals surface area contributed by atoms with E-state index in [2.05, 4.69) is 4.98 Å². The lowest BCUT2D eigenvalue weighted by Crippen LogP contribution is -2.27. The summed E-state index contributed by atoms with van der Waals surface area (Å²) in [5, 5.41) is 8.95. The highest BCUT2D eigenvalue weighted by atomic mass is 16.4. The van der Waals surface area contributed by atoms with Crippen LogP contribution in [0.3, 0.4) is 0 Å². The Morgan fingerprint density at radius 1 is 1.14 bits per heavy atom. The molecule has 2 N–H and O–H groups in total. The van der Waals surface area contributed by atoms with E-state index >= 15 is 0 Å². The second kappa shape index (κ2) is 5.01. The van der Waals surface area contributed by atoms with Crippen LogP contribution in [0.25, 0.3) is 0 Å². The molecule has 1 aromatic heterocycles. The minimum atomic E-state index is -1.32. The number of aromatic nitrogens is 1. The summed E-state index contributed by atoms with van der Waals surface area (Å²) < 4.78 is 0. The van der Waals surface area contributed by atoms with Crippen LogP contribution >= 0.6 is 0 Å². The fourth-order valence-electron chi connectivity index (χ4n) is 2.75. The number of ketones is 1. The smallest absolute Gasteiger partial charge is 0.341 e. The molecule has 0 amide bonds. The number of hydrogen-bond acceptors (Lipinski definition) is 3. The van der Waals surface area contributed by atoms with Crippen molar-refractivity contribution in [1.29, 1.82) is 0 Å². The number of fused-ring (bicyclic) bond motifs is 1. The SMILES string of the molecule is O=C1C[C@H](c2ccccc2)Cc2[nH]c(=O)c(C(=O)O)cc21. The molecule has 106 valence electrons. The van der Waals surface area contributed by atoms with Crippen LogP contribution in [0.1, 0.15) is 44.3 Å². The van der Waals surface area contributed by atoms with Gasteiger partial charge in [-0.25, -0.2) is 4.79 Å². The number of carboxylic acids is 1. The zero-order valence-corrected chi connectivity index (χ0v) is 11.1. The quantitative estimate of drug-likeness (QED) is 0.882. The molecule has 1 aliphatic carbocycles. The van der Waals surface area contributed by atoms with E-state index in [1.54, 1.807) is 0 Å². The Kier molecular flexibility index (Phi) is 3.17. The number of carboxylic acid groups (broad SMARTS) is 1. The van der Waals surface area contributed by atoms with Gasteiger partial charge >= 0.3 is 5.97 Å². The van der Waals surface area contributed by atoms with E-state index < -0.39 is 11.5 Å². The topological polar surface area (TPSA) is 87.2 Å². The highest BCUT2D eigenvalue weighted by Gasteiger charge is 2.28. The summed E-state index contributed by atoms with van der Waals surface area (Å²) in [5.41, 5.74) is 0.831. The van der Waals surface area contributed by atoms with Crippen LogP contribution in [0, 0.1) is 0 Å². The van der Waals surface area contributed by atoms with Crippen molar-refractivity contribution in [3.8, 4) is 0 Å². The predicted octanol–water partition coefficient (Wildman–Crippen LogP) is 1.99. The van der Waals surface area contributed by atoms with E-state index in [1.165, 1.54) is 6.07 Å². The van der Waals surface area contributed by atoms with Crippen LogP contribution in [0.5, 0.6) is 0 Å². The number of rotatable bonds is 2. The summed E-state index contributed by atoms with van der Waals surface area (Å²) in [6.45, 7) is 0. The Bertz CT molecular complexity index is 777. The number of hydrogen-bond donors (Lipinski definition) is 2. The molecule has 0 saturated heterocycles. The van der Waals surface area contributed by atoms with Gasteiger partial charge in [0, 0.05) is 17.7 Å². The number of aromatic carboxylic acids is 1. The van der Waals surface area contributed by atoms with Crippen LogP contribution in [0.4, 0.5) is 0 Å². The number of Topliss-reactive ketones (excluding diaryl/α,β-unsaturated/α-hetero) is 1. The Morgan fingerprint density at radius 2 is 1.86 bits per heavy atom. The molecule has 5 heteroatoms. The Balaban J connectivity index is 2.04. The lowest BCUT2D eigenvalue weighted by Gasteiger charge is -2.23. The van der Waals surface area contributed by atoms with Crippen molar-refractivity contribution in [2.24, 2.45) is 0 Å². The number of pyridine rings is 1. The Hall–Kier alpha value is -2.69. The summed E-state index contributed by atoms with van der Waals surface area (Å²) >= 11 is 0. The molecule has 0 radical (unpaired) electrons. The molecular formula is C16H13NO4. The van der Waals surface area contributed by atoms with Crippen LogP contribution in [0.2, 0.25) is 0 Å². The maximum atomic E-state index is 12.2. The zero-order valence-electron chi connectivity index (χ0n) is 11.1. The Morgan fingerprint density at radius 3 is 2.52 bits per heavy atom. The summed E-state index contributed by atoms with van der Waals surface area (Å²) in [6, 6.07) is 10.8. The van der Waals surface area contributed by atoms with Crippen molar-refractivity contribution in [1.82, 2.24) is 4.98 Å². The molecule has 0 saturated carbocycles. The number of nitrogens with one attached hydrogen (secondary N) is 1. The molecular weight excluding hydrogens is 270 g/mol. The molecule has 1 aliphatic rings. The number of H-pyrrole nitrogens is 1. The highest BCUT2D eigenvalue weighted by Crippen LogP contribution is 2.31. The number of aromatic amines is 1. The van der Waals surface area contributed by atoms with E-state index in [0.717, 1.165) is 5.56 Å². The fraction of sp³-hybridized carbons (Fsp3) is 0.188. The van der Waals surface area contributed by atoms with Gasteiger partial charge in [0.2, 0.25) is 0 Å². The predicted molar refractivity (Wildman–Crippen MR) is 75.9 cm³/mol. The van der Waals surface area contributed by atoms with Gasteiger partial charge in [0.05, 0.1) is 0 Å². The van der Waals surface area contributed by atoms with Gasteiger partial charge < -0.3 is 10.1 Å². The van der Waals surface area contributed by atoms with E-state index in [9.17, 15) is 14.4 Å². The van der Waals surface area contributed by atoms with Gasteiger partial charge in [-0.3, -0.25) is 9.59 Å². The van der Waals surface area contributed by atoms with Gasteiger partial charge in [0.25, 0.3) is 5.56 Å². The van der Waals surface area contributed by atoms with Crippen LogP contribution in [-0.2, 0) is 6.42 Å². The molecule has 1 atom stereocenters. The van der Waals surface area contributed by atoms with Crippen LogP contribution in [0.15, 0.2) is 41.2 Å². The lowest BCUT2D eigenvalue weighted by molar-refractivity contribution is 0.0695. The summed E-state index contributed by atoms with van der Waals surface area (Å²) in [6.07, 6.45) is 0.850. The first-order valence-electron chi connectivity index (χ1n) is 6.64. The molecule has 2 aromatic rings. The lowest BCUT2D eigenvalue weighted by atomic mass is 9.81. The summed E-state index contributed by atoms with van der Waals surface area (Å²) in [4.78, 5) is 37.5. The van der Waals surface area contributed by atoms with Crippen molar-refractivity contribution in [2.75, 3.05) is 0 Å². The standard InChI is InChI=1S/C16H13NO4/c18-14-7-10(9-4-2-1-3-5-9)6-13-11(14)8-12(16(20)21)15(19)17-13/h1-5,8,10H,6-7H2,(H,17,19)(H,20,21)/t10-/m1/s1. The first-order valence-corrected chi connectivity index (χ1v) is 6.64. The molecule has 21 heavy (non-hydrogen) atoms. The molecule has 0 aliphatic heterocycles. The van der Waals surface area contributed by atoms with Gasteiger partial charge in [-0.15, -0.1) is 0 Å². The summed E-state index contributed by atoms with van der Waals surface area (Å²) in [7, 11) is 0. The third-order valence-electron chi connectivity index (χ3n) is 3.81. The van der Waals surface area contributed by atoms with Gasteiger partial charge in [0.1, 0.15) is 5.56 Å². The highest BCUT2D eigenvalue weighted by molar-refractivity contribution is 6.00. The number of carbonyl (C=O) groups excluding carboxylic acids is 1. The number of carbonyl (C=O) groups is 2. The van der Waals surface area contributed by atoms with Crippen molar-refractivity contribution >= 4 is 11.8 Å². The average molecular weight is 283 g/mol. The molecule has 0 unspecified atom stereocenters. The van der Waals surface area contributed by atoms with Crippen molar-refractivity contribution < 1.29 is 14.7 Å². The summed E-state index contributed by atoms with van der Waals surface area (Å²) in [5.74, 6) is -1.45. The zero-order chi connectivity index (χ0) is 15.0.